The van der Waals surface area contributed by atoms with Crippen molar-refractivity contribution in [3.8, 4) is 10.6 Å². The molecule has 1 heterocycles. The van der Waals surface area contributed by atoms with E-state index in [9.17, 15) is 0 Å². The van der Waals surface area contributed by atoms with Crippen LogP contribution >= 0.6 is 22.9 Å². The molecule has 0 bridgehead atoms. The molecular weight excluding hydrogens is 306 g/mol. The van der Waals surface area contributed by atoms with E-state index in [1.165, 1.54) is 0 Å². The Morgan fingerprint density at radius 2 is 2.05 bits per heavy atom. The molecule has 5 heteroatoms. The molecule has 0 radical (unpaired) electrons. The van der Waals surface area contributed by atoms with E-state index in [2.05, 4.69) is 17.1 Å². The molecule has 0 aliphatic heterocycles. The second-order valence-corrected chi connectivity index (χ2v) is 6.03. The zero-order valence-corrected chi connectivity index (χ0v) is 13.9. The third-order valence-electron chi connectivity index (χ3n) is 2.87. The Kier molecular flexibility index (Phi) is 6.64. The fourth-order valence-corrected chi connectivity index (χ4v) is 2.98. The molecule has 0 N–H and O–H groups in total. The quantitative estimate of drug-likeness (QED) is 0.529. The molecule has 1 aromatic heterocycles. The molecule has 21 heavy (non-hydrogen) atoms. The van der Waals surface area contributed by atoms with Crippen LogP contribution in [0, 0.1) is 0 Å². The Hall–Kier alpha value is -0.940. The lowest BCUT2D eigenvalue weighted by molar-refractivity contribution is 0.0144. The molecule has 3 nitrogen and oxygen atoms in total. The summed E-state index contributed by atoms with van der Waals surface area (Å²) in [6.07, 6.45) is 0.241. The van der Waals surface area contributed by atoms with E-state index in [1.807, 2.05) is 31.4 Å². The molecule has 0 spiro atoms. The van der Waals surface area contributed by atoms with Gasteiger partial charge >= 0.3 is 0 Å². The molecule has 2 aromatic rings. The number of thiazole rings is 1. The Morgan fingerprint density at radius 3 is 2.76 bits per heavy atom. The third-order valence-corrected chi connectivity index (χ3v) is 4.07. The minimum absolute atomic E-state index is 0.241. The van der Waals surface area contributed by atoms with Crippen molar-refractivity contribution in [3.05, 3.63) is 40.9 Å². The summed E-state index contributed by atoms with van der Waals surface area (Å²) in [7, 11) is 0. The smallest absolute Gasteiger partial charge is 0.124 e. The number of nitrogens with zero attached hydrogens (tertiary/aromatic N) is 1. The summed E-state index contributed by atoms with van der Waals surface area (Å²) in [6.45, 7) is 5.82. The number of hydrogen-bond acceptors (Lipinski definition) is 4. The van der Waals surface area contributed by atoms with Gasteiger partial charge in [0.1, 0.15) is 5.01 Å². The second-order valence-electron chi connectivity index (χ2n) is 4.91. The van der Waals surface area contributed by atoms with Crippen LogP contribution in [0.2, 0.25) is 0 Å². The van der Waals surface area contributed by atoms with Gasteiger partial charge in [-0.05, 0) is 19.4 Å². The van der Waals surface area contributed by atoms with Crippen LogP contribution in [0.1, 0.15) is 25.1 Å². The van der Waals surface area contributed by atoms with Gasteiger partial charge in [-0.3, -0.25) is 0 Å². The predicted octanol–water partition coefficient (Wildman–Crippen LogP) is 4.49. The number of aromatic nitrogens is 1. The average Bonchev–Trinajstić information content (AvgIpc) is 2.96. The Balaban J connectivity index is 1.97. The minimum Gasteiger partial charge on any atom is -0.376 e. The van der Waals surface area contributed by atoms with Crippen molar-refractivity contribution in [1.82, 2.24) is 4.98 Å². The van der Waals surface area contributed by atoms with Crippen LogP contribution in [-0.2, 0) is 22.0 Å². The van der Waals surface area contributed by atoms with E-state index in [4.69, 9.17) is 21.1 Å². The lowest BCUT2D eigenvalue weighted by atomic mass is 10.1. The molecule has 1 aromatic carbocycles. The van der Waals surface area contributed by atoms with Crippen molar-refractivity contribution in [3.63, 3.8) is 0 Å². The Morgan fingerprint density at radius 1 is 1.24 bits per heavy atom. The van der Waals surface area contributed by atoms with E-state index >= 15 is 0 Å². The predicted molar refractivity (Wildman–Crippen MR) is 87.9 cm³/mol. The van der Waals surface area contributed by atoms with E-state index in [0.717, 1.165) is 21.8 Å². The van der Waals surface area contributed by atoms with E-state index in [0.29, 0.717) is 25.7 Å². The van der Waals surface area contributed by atoms with Crippen molar-refractivity contribution in [2.75, 3.05) is 13.2 Å². The van der Waals surface area contributed by atoms with Gasteiger partial charge in [-0.1, -0.05) is 24.3 Å². The maximum absolute atomic E-state index is 5.82. The molecular formula is C16H20ClNO2S. The van der Waals surface area contributed by atoms with Crippen LogP contribution in [0.15, 0.2) is 29.6 Å². The van der Waals surface area contributed by atoms with Crippen LogP contribution in [0.4, 0.5) is 0 Å². The topological polar surface area (TPSA) is 31.4 Å². The SMILES string of the molecule is CC(C)OCCOCc1ccccc1-c1nc(CCl)cs1. The van der Waals surface area contributed by atoms with Crippen molar-refractivity contribution in [2.24, 2.45) is 0 Å². The number of rotatable bonds is 8. The van der Waals surface area contributed by atoms with Gasteiger partial charge in [0, 0.05) is 10.9 Å². The van der Waals surface area contributed by atoms with E-state index in [-0.39, 0.29) is 6.10 Å². The van der Waals surface area contributed by atoms with E-state index in [1.54, 1.807) is 11.3 Å². The summed E-state index contributed by atoms with van der Waals surface area (Å²) in [5.41, 5.74) is 3.17. The van der Waals surface area contributed by atoms with E-state index < -0.39 is 0 Å². The molecule has 2 rings (SSSR count). The number of alkyl halides is 1. The summed E-state index contributed by atoms with van der Waals surface area (Å²) < 4.78 is 11.2. The first-order valence-electron chi connectivity index (χ1n) is 6.98. The molecule has 0 amide bonds. The summed E-state index contributed by atoms with van der Waals surface area (Å²) in [6, 6.07) is 8.17. The van der Waals surface area contributed by atoms with Crippen molar-refractivity contribution in [2.45, 2.75) is 32.4 Å². The number of ether oxygens (including phenoxy) is 2. The molecule has 0 aliphatic carbocycles. The monoisotopic (exact) mass is 325 g/mol. The van der Waals surface area contributed by atoms with Crippen molar-refractivity contribution >= 4 is 22.9 Å². The highest BCUT2D eigenvalue weighted by Gasteiger charge is 2.09. The summed E-state index contributed by atoms with van der Waals surface area (Å²) in [5.74, 6) is 0.446. The number of hydrogen-bond donors (Lipinski definition) is 0. The molecule has 0 aliphatic rings. The molecule has 114 valence electrons. The third kappa shape index (κ3) is 5.08. The normalized spacial score (nSPS) is 11.2. The summed E-state index contributed by atoms with van der Waals surface area (Å²) in [5, 5.41) is 2.99. The fourth-order valence-electron chi connectivity index (χ4n) is 1.87. The molecule has 0 atom stereocenters. The largest absolute Gasteiger partial charge is 0.376 e. The molecule has 0 fully saturated rings. The van der Waals surface area contributed by atoms with Gasteiger partial charge in [0.25, 0.3) is 0 Å². The van der Waals surface area contributed by atoms with Gasteiger partial charge in [-0.15, -0.1) is 22.9 Å². The van der Waals surface area contributed by atoms with Gasteiger partial charge < -0.3 is 9.47 Å². The lowest BCUT2D eigenvalue weighted by Gasteiger charge is -2.10. The van der Waals surface area contributed by atoms with Crippen molar-refractivity contribution < 1.29 is 9.47 Å². The van der Waals surface area contributed by atoms with Gasteiger partial charge in [-0.2, -0.15) is 0 Å². The van der Waals surface area contributed by atoms with Gasteiger partial charge in [-0.25, -0.2) is 4.98 Å². The highest BCUT2D eigenvalue weighted by molar-refractivity contribution is 7.13. The number of benzene rings is 1. The fraction of sp³-hybridized carbons (Fsp3) is 0.438. The molecule has 0 unspecified atom stereocenters. The highest BCUT2D eigenvalue weighted by atomic mass is 35.5. The second kappa shape index (κ2) is 8.49. The average molecular weight is 326 g/mol. The number of halogens is 1. The van der Waals surface area contributed by atoms with Crippen LogP contribution in [0.25, 0.3) is 10.6 Å². The first kappa shape index (κ1) is 16.4. The van der Waals surface area contributed by atoms with Gasteiger partial charge in [0.2, 0.25) is 0 Å². The highest BCUT2D eigenvalue weighted by Crippen LogP contribution is 2.28. The maximum Gasteiger partial charge on any atom is 0.124 e. The van der Waals surface area contributed by atoms with Crippen LogP contribution in [-0.4, -0.2) is 24.3 Å². The summed E-state index contributed by atoms with van der Waals surface area (Å²) in [4.78, 5) is 4.53. The zero-order valence-electron chi connectivity index (χ0n) is 12.3. The molecule has 0 saturated carbocycles. The minimum atomic E-state index is 0.241. The Labute approximate surface area is 134 Å². The van der Waals surface area contributed by atoms with Crippen LogP contribution < -0.4 is 0 Å². The molecule has 0 saturated heterocycles. The Bertz CT molecular complexity index is 557. The first-order chi connectivity index (χ1) is 10.2. The van der Waals surface area contributed by atoms with Gasteiger partial charge in [0.05, 0.1) is 37.5 Å². The van der Waals surface area contributed by atoms with Crippen LogP contribution in [0.3, 0.4) is 0 Å². The van der Waals surface area contributed by atoms with Gasteiger partial charge in [0.15, 0.2) is 0 Å². The maximum atomic E-state index is 5.82. The van der Waals surface area contributed by atoms with Crippen molar-refractivity contribution in [1.29, 1.82) is 0 Å². The zero-order chi connectivity index (χ0) is 15.1. The summed E-state index contributed by atoms with van der Waals surface area (Å²) >= 11 is 7.43. The lowest BCUT2D eigenvalue weighted by Crippen LogP contribution is -2.09. The first-order valence-corrected chi connectivity index (χ1v) is 8.40. The van der Waals surface area contributed by atoms with Crippen LogP contribution in [0.5, 0.6) is 0 Å². The standard InChI is InChI=1S/C16H20ClNO2S/c1-12(2)20-8-7-19-10-13-5-3-4-6-15(13)16-18-14(9-17)11-21-16/h3-6,11-12H,7-10H2,1-2H3.